The first kappa shape index (κ1) is 19.3. The minimum Gasteiger partial charge on any atom is -0.494 e. The molecule has 1 amide bonds. The van der Waals surface area contributed by atoms with Crippen LogP contribution in [-0.4, -0.2) is 30.5 Å². The van der Waals surface area contributed by atoms with Gasteiger partial charge in [-0.2, -0.15) is 0 Å². The summed E-state index contributed by atoms with van der Waals surface area (Å²) in [6.45, 7) is 3.91. The van der Waals surface area contributed by atoms with E-state index in [1.165, 1.54) is 30.2 Å². The minimum absolute atomic E-state index is 0.00381. The van der Waals surface area contributed by atoms with Crippen LogP contribution in [0.15, 0.2) is 36.4 Å². The van der Waals surface area contributed by atoms with Gasteiger partial charge in [-0.25, -0.2) is 0 Å². The monoisotopic (exact) mass is 384 g/mol. The molecule has 1 aliphatic rings. The van der Waals surface area contributed by atoms with E-state index in [1.54, 1.807) is 12.1 Å². The topological polar surface area (TPSA) is 99.0 Å². The number of nitrogens with zero attached hydrogens (tertiary/aromatic N) is 2. The van der Waals surface area contributed by atoms with E-state index in [-0.39, 0.29) is 30.3 Å². The number of nitro benzene ring substituents is 1. The summed E-state index contributed by atoms with van der Waals surface area (Å²) < 4.78 is 10.7. The lowest BCUT2D eigenvalue weighted by Crippen LogP contribution is -2.27. The lowest BCUT2D eigenvalue weighted by atomic mass is 10.1. The van der Waals surface area contributed by atoms with Gasteiger partial charge in [0.2, 0.25) is 5.91 Å². The molecule has 0 N–H and O–H groups in total. The number of nitro groups is 1. The molecule has 1 aliphatic heterocycles. The van der Waals surface area contributed by atoms with Crippen molar-refractivity contribution in [2.24, 2.45) is 5.92 Å². The van der Waals surface area contributed by atoms with Gasteiger partial charge >= 0.3 is 5.97 Å². The van der Waals surface area contributed by atoms with E-state index in [0.29, 0.717) is 11.4 Å². The predicted molar refractivity (Wildman–Crippen MR) is 102 cm³/mol. The van der Waals surface area contributed by atoms with Crippen LogP contribution in [0.25, 0.3) is 0 Å². The summed E-state index contributed by atoms with van der Waals surface area (Å²) >= 11 is 0. The van der Waals surface area contributed by atoms with Crippen LogP contribution in [-0.2, 0) is 9.59 Å². The van der Waals surface area contributed by atoms with Crippen LogP contribution in [0, 0.1) is 29.9 Å². The maximum absolute atomic E-state index is 12.6. The molecule has 8 nitrogen and oxygen atoms in total. The Morgan fingerprint density at radius 1 is 1.21 bits per heavy atom. The number of carbonyl (C=O) groups is 2. The number of carbonyl (C=O) groups excluding carboxylic acids is 2. The molecule has 0 radical (unpaired) electrons. The molecular formula is C20H20N2O6. The third-order valence-corrected chi connectivity index (χ3v) is 4.89. The molecule has 146 valence electrons. The first-order valence-electron chi connectivity index (χ1n) is 8.72. The smallest absolute Gasteiger partial charge is 0.316 e. The van der Waals surface area contributed by atoms with Crippen molar-refractivity contribution in [2.75, 3.05) is 18.6 Å². The molecule has 1 fully saturated rings. The van der Waals surface area contributed by atoms with Gasteiger partial charge in [0, 0.05) is 19.0 Å². The van der Waals surface area contributed by atoms with Crippen LogP contribution in [0.3, 0.4) is 0 Å². The molecular weight excluding hydrogens is 364 g/mol. The van der Waals surface area contributed by atoms with E-state index in [4.69, 9.17) is 9.47 Å². The number of ether oxygens (including phenoxy) is 2. The highest BCUT2D eigenvalue weighted by Crippen LogP contribution is 2.36. The summed E-state index contributed by atoms with van der Waals surface area (Å²) in [4.78, 5) is 36.9. The first-order chi connectivity index (χ1) is 13.3. The van der Waals surface area contributed by atoms with Crippen LogP contribution in [0.2, 0.25) is 0 Å². The molecule has 0 saturated carbocycles. The highest BCUT2D eigenvalue weighted by Gasteiger charge is 2.38. The predicted octanol–water partition coefficient (Wildman–Crippen LogP) is 3.18. The SMILES string of the molecule is COc1cc([N+](=O)[O-])ccc1N1C[C@H](C(=O)Oc2cccc(C)c2C)CC1=O. The fourth-order valence-electron chi connectivity index (χ4n) is 3.13. The molecule has 2 aromatic rings. The molecule has 0 aliphatic carbocycles. The van der Waals surface area contributed by atoms with Gasteiger partial charge in [-0.15, -0.1) is 0 Å². The van der Waals surface area contributed by atoms with Crippen molar-refractivity contribution in [1.82, 2.24) is 0 Å². The third-order valence-electron chi connectivity index (χ3n) is 4.89. The van der Waals surface area contributed by atoms with E-state index in [2.05, 4.69) is 0 Å². The van der Waals surface area contributed by atoms with Crippen molar-refractivity contribution in [3.05, 3.63) is 57.6 Å². The summed E-state index contributed by atoms with van der Waals surface area (Å²) in [5.41, 5.74) is 2.12. The number of amides is 1. The van der Waals surface area contributed by atoms with Gasteiger partial charge in [-0.1, -0.05) is 12.1 Å². The number of anilines is 1. The Labute approximate surface area is 161 Å². The Bertz CT molecular complexity index is 956. The van der Waals surface area contributed by atoms with E-state index < -0.39 is 16.8 Å². The molecule has 1 saturated heterocycles. The molecule has 3 rings (SSSR count). The average molecular weight is 384 g/mol. The maximum Gasteiger partial charge on any atom is 0.316 e. The number of rotatable bonds is 5. The fraction of sp³-hybridized carbons (Fsp3) is 0.300. The molecule has 0 bridgehead atoms. The first-order valence-corrected chi connectivity index (χ1v) is 8.72. The van der Waals surface area contributed by atoms with Crippen molar-refractivity contribution in [3.8, 4) is 11.5 Å². The van der Waals surface area contributed by atoms with Crippen molar-refractivity contribution < 1.29 is 24.0 Å². The van der Waals surface area contributed by atoms with Crippen LogP contribution in [0.5, 0.6) is 11.5 Å². The van der Waals surface area contributed by atoms with Crippen molar-refractivity contribution in [1.29, 1.82) is 0 Å². The molecule has 28 heavy (non-hydrogen) atoms. The summed E-state index contributed by atoms with van der Waals surface area (Å²) in [5, 5.41) is 10.9. The molecule has 0 spiro atoms. The van der Waals surface area contributed by atoms with Crippen LogP contribution in [0.1, 0.15) is 17.5 Å². The van der Waals surface area contributed by atoms with E-state index >= 15 is 0 Å². The van der Waals surface area contributed by atoms with Gasteiger partial charge in [-0.3, -0.25) is 19.7 Å². The van der Waals surface area contributed by atoms with E-state index in [9.17, 15) is 19.7 Å². The Morgan fingerprint density at radius 2 is 1.96 bits per heavy atom. The second-order valence-corrected chi connectivity index (χ2v) is 6.64. The largest absolute Gasteiger partial charge is 0.494 e. The quantitative estimate of drug-likeness (QED) is 0.340. The highest BCUT2D eigenvalue weighted by atomic mass is 16.6. The van der Waals surface area contributed by atoms with Gasteiger partial charge in [0.25, 0.3) is 5.69 Å². The molecule has 2 aromatic carbocycles. The standard InChI is InChI=1S/C20H20N2O6/c1-12-5-4-6-17(13(12)2)28-20(24)14-9-19(23)21(11-14)16-8-7-15(22(25)26)10-18(16)27-3/h4-8,10,14H,9,11H2,1-3H3/t14-/m1/s1. The summed E-state index contributed by atoms with van der Waals surface area (Å²) in [5.74, 6) is -0.706. The van der Waals surface area contributed by atoms with Crippen molar-refractivity contribution in [3.63, 3.8) is 0 Å². The zero-order valence-electron chi connectivity index (χ0n) is 15.8. The Morgan fingerprint density at radius 3 is 2.64 bits per heavy atom. The second kappa shape index (κ2) is 7.67. The third kappa shape index (κ3) is 3.66. The summed E-state index contributed by atoms with van der Waals surface area (Å²) in [6, 6.07) is 9.45. The molecule has 0 unspecified atom stereocenters. The van der Waals surface area contributed by atoms with Crippen LogP contribution >= 0.6 is 0 Å². The number of non-ortho nitro benzene ring substituents is 1. The average Bonchev–Trinajstić information content (AvgIpc) is 3.06. The van der Waals surface area contributed by atoms with E-state index in [0.717, 1.165) is 11.1 Å². The minimum atomic E-state index is -0.632. The van der Waals surface area contributed by atoms with Crippen LogP contribution in [0.4, 0.5) is 11.4 Å². The van der Waals surface area contributed by atoms with Crippen molar-refractivity contribution >= 4 is 23.3 Å². The molecule has 1 atom stereocenters. The van der Waals surface area contributed by atoms with Gasteiger partial charge in [0.05, 0.1) is 29.7 Å². The van der Waals surface area contributed by atoms with Crippen molar-refractivity contribution in [2.45, 2.75) is 20.3 Å². The highest BCUT2D eigenvalue weighted by molar-refractivity contribution is 6.01. The lowest BCUT2D eigenvalue weighted by molar-refractivity contribution is -0.384. The Hall–Kier alpha value is -3.42. The molecule has 8 heteroatoms. The Balaban J connectivity index is 1.79. The van der Waals surface area contributed by atoms with Gasteiger partial charge in [-0.05, 0) is 37.1 Å². The van der Waals surface area contributed by atoms with Gasteiger partial charge < -0.3 is 14.4 Å². The fourth-order valence-corrected chi connectivity index (χ4v) is 3.13. The second-order valence-electron chi connectivity index (χ2n) is 6.64. The van der Waals surface area contributed by atoms with Gasteiger partial charge in [0.1, 0.15) is 11.5 Å². The number of benzene rings is 2. The molecule has 0 aromatic heterocycles. The number of aryl methyl sites for hydroxylation is 1. The number of methoxy groups -OCH3 is 1. The maximum atomic E-state index is 12.6. The number of hydrogen-bond donors (Lipinski definition) is 0. The molecule has 1 heterocycles. The van der Waals surface area contributed by atoms with E-state index in [1.807, 2.05) is 19.9 Å². The van der Waals surface area contributed by atoms with Gasteiger partial charge in [0.15, 0.2) is 0 Å². The number of hydrogen-bond acceptors (Lipinski definition) is 6. The summed E-state index contributed by atoms with van der Waals surface area (Å²) in [6.07, 6.45) is 0.00381. The zero-order chi connectivity index (χ0) is 20.4. The normalized spacial score (nSPS) is 16.2. The number of esters is 1. The Kier molecular flexibility index (Phi) is 5.30. The zero-order valence-corrected chi connectivity index (χ0v) is 15.8. The summed E-state index contributed by atoms with van der Waals surface area (Å²) in [7, 11) is 1.37. The van der Waals surface area contributed by atoms with Crippen LogP contribution < -0.4 is 14.4 Å². The lowest BCUT2D eigenvalue weighted by Gasteiger charge is -2.19.